The molecule has 3 rings (SSSR count). The SMILES string of the molecule is O=C(Nc1cccc(OC(F)(F)F)c1)c1cccc(C(=O)Nc2cccc(OC(F)(F)F)c2)n1. The summed E-state index contributed by atoms with van der Waals surface area (Å²) in [6.07, 6.45) is -9.82. The first-order valence-corrected chi connectivity index (χ1v) is 9.19. The molecule has 0 aliphatic heterocycles. The van der Waals surface area contributed by atoms with E-state index in [9.17, 15) is 35.9 Å². The van der Waals surface area contributed by atoms with Crippen molar-refractivity contribution in [3.8, 4) is 11.5 Å². The first-order valence-electron chi connectivity index (χ1n) is 9.19. The lowest BCUT2D eigenvalue weighted by molar-refractivity contribution is -0.275. The lowest BCUT2D eigenvalue weighted by atomic mass is 10.2. The van der Waals surface area contributed by atoms with Crippen LogP contribution in [0.1, 0.15) is 21.0 Å². The summed E-state index contributed by atoms with van der Waals surface area (Å²) in [4.78, 5) is 28.7. The van der Waals surface area contributed by atoms with Crippen molar-refractivity contribution in [2.75, 3.05) is 10.6 Å². The number of benzene rings is 2. The van der Waals surface area contributed by atoms with Crippen molar-refractivity contribution in [2.24, 2.45) is 0 Å². The van der Waals surface area contributed by atoms with Gasteiger partial charge in [-0.25, -0.2) is 4.98 Å². The summed E-state index contributed by atoms with van der Waals surface area (Å²) in [6.45, 7) is 0. The van der Waals surface area contributed by atoms with Gasteiger partial charge in [0.15, 0.2) is 0 Å². The highest BCUT2D eigenvalue weighted by Crippen LogP contribution is 2.26. The van der Waals surface area contributed by atoms with Crippen LogP contribution in [0.2, 0.25) is 0 Å². The number of alkyl halides is 6. The monoisotopic (exact) mass is 485 g/mol. The van der Waals surface area contributed by atoms with E-state index in [1.165, 1.54) is 42.5 Å². The van der Waals surface area contributed by atoms with E-state index < -0.39 is 36.0 Å². The molecule has 7 nitrogen and oxygen atoms in total. The van der Waals surface area contributed by atoms with Crippen LogP contribution in [0.25, 0.3) is 0 Å². The maximum atomic E-state index is 12.4. The second-order valence-electron chi connectivity index (χ2n) is 6.47. The van der Waals surface area contributed by atoms with E-state index in [2.05, 4.69) is 25.1 Å². The summed E-state index contributed by atoms with van der Waals surface area (Å²) in [6, 6.07) is 12.9. The van der Waals surface area contributed by atoms with Gasteiger partial charge in [0.2, 0.25) is 0 Å². The molecule has 0 fully saturated rings. The average Bonchev–Trinajstić information content (AvgIpc) is 2.72. The van der Waals surface area contributed by atoms with Crippen LogP contribution in [-0.4, -0.2) is 29.5 Å². The second-order valence-corrected chi connectivity index (χ2v) is 6.47. The Balaban J connectivity index is 1.70. The van der Waals surface area contributed by atoms with E-state index in [-0.39, 0.29) is 22.8 Å². The molecular formula is C21H13F6N3O4. The Bertz CT molecular complexity index is 1110. The van der Waals surface area contributed by atoms with E-state index in [1.54, 1.807) is 0 Å². The fraction of sp³-hybridized carbons (Fsp3) is 0.0952. The van der Waals surface area contributed by atoms with Crippen LogP contribution < -0.4 is 20.1 Å². The predicted octanol–water partition coefficient (Wildman–Crippen LogP) is 5.38. The van der Waals surface area contributed by atoms with Gasteiger partial charge in [-0.15, -0.1) is 26.3 Å². The molecule has 3 aromatic rings. The third-order valence-corrected chi connectivity index (χ3v) is 3.87. The molecule has 0 radical (unpaired) electrons. The van der Waals surface area contributed by atoms with Crippen LogP contribution in [0.15, 0.2) is 66.7 Å². The van der Waals surface area contributed by atoms with Crippen molar-refractivity contribution in [1.29, 1.82) is 0 Å². The average molecular weight is 485 g/mol. The van der Waals surface area contributed by atoms with Crippen molar-refractivity contribution in [3.05, 3.63) is 78.1 Å². The molecule has 0 unspecified atom stereocenters. The van der Waals surface area contributed by atoms with Gasteiger partial charge in [0.1, 0.15) is 22.9 Å². The third-order valence-electron chi connectivity index (χ3n) is 3.87. The van der Waals surface area contributed by atoms with Crippen molar-refractivity contribution < 1.29 is 45.4 Å². The number of rotatable bonds is 6. The van der Waals surface area contributed by atoms with Crippen LogP contribution in [-0.2, 0) is 0 Å². The summed E-state index contributed by atoms with van der Waals surface area (Å²) in [5.74, 6) is -2.77. The van der Waals surface area contributed by atoms with Crippen molar-refractivity contribution in [1.82, 2.24) is 4.98 Å². The summed E-state index contributed by atoms with van der Waals surface area (Å²) >= 11 is 0. The van der Waals surface area contributed by atoms with Crippen LogP contribution in [0.3, 0.4) is 0 Å². The molecule has 0 aliphatic rings. The molecule has 0 aliphatic carbocycles. The van der Waals surface area contributed by atoms with E-state index in [0.717, 1.165) is 24.3 Å². The first kappa shape index (κ1) is 24.4. The Morgan fingerprint density at radius 1 is 0.647 bits per heavy atom. The lowest BCUT2D eigenvalue weighted by Crippen LogP contribution is -2.19. The normalized spacial score (nSPS) is 11.5. The number of hydrogen-bond donors (Lipinski definition) is 2. The van der Waals surface area contributed by atoms with Gasteiger partial charge in [-0.05, 0) is 36.4 Å². The molecule has 34 heavy (non-hydrogen) atoms. The zero-order valence-electron chi connectivity index (χ0n) is 16.7. The number of carbonyl (C=O) groups is 2. The van der Waals surface area contributed by atoms with Crippen LogP contribution in [0.4, 0.5) is 37.7 Å². The maximum absolute atomic E-state index is 12.4. The van der Waals surface area contributed by atoms with Gasteiger partial charge in [-0.3, -0.25) is 9.59 Å². The Morgan fingerprint density at radius 3 is 1.41 bits per heavy atom. The Hall–Kier alpha value is -4.29. The molecule has 0 saturated carbocycles. The van der Waals surface area contributed by atoms with Crippen LogP contribution in [0.5, 0.6) is 11.5 Å². The highest BCUT2D eigenvalue weighted by molar-refractivity contribution is 6.06. The number of amides is 2. The number of nitrogens with zero attached hydrogens (tertiary/aromatic N) is 1. The fourth-order valence-electron chi connectivity index (χ4n) is 2.62. The molecule has 13 heteroatoms. The number of carbonyl (C=O) groups excluding carboxylic acids is 2. The number of pyridine rings is 1. The lowest BCUT2D eigenvalue weighted by Gasteiger charge is -2.11. The number of halogens is 6. The highest BCUT2D eigenvalue weighted by Gasteiger charge is 2.32. The van der Waals surface area contributed by atoms with Gasteiger partial charge < -0.3 is 20.1 Å². The van der Waals surface area contributed by atoms with E-state index in [4.69, 9.17) is 0 Å². The minimum atomic E-state index is -4.91. The van der Waals surface area contributed by atoms with Gasteiger partial charge in [0.05, 0.1) is 0 Å². The Morgan fingerprint density at radius 2 is 1.03 bits per heavy atom. The third kappa shape index (κ3) is 7.39. The number of hydrogen-bond acceptors (Lipinski definition) is 5. The van der Waals surface area contributed by atoms with E-state index in [0.29, 0.717) is 0 Å². The zero-order chi connectivity index (χ0) is 24.9. The molecule has 0 bridgehead atoms. The largest absolute Gasteiger partial charge is 0.573 e. The highest BCUT2D eigenvalue weighted by atomic mass is 19.4. The minimum absolute atomic E-state index is 0.0233. The quantitative estimate of drug-likeness (QED) is 0.458. The molecule has 2 amide bonds. The minimum Gasteiger partial charge on any atom is -0.406 e. The summed E-state index contributed by atoms with van der Waals surface area (Å²) in [5, 5.41) is 4.65. The number of anilines is 2. The van der Waals surface area contributed by atoms with Gasteiger partial charge >= 0.3 is 12.7 Å². The standard InChI is InChI=1S/C21H13F6N3O4/c22-20(23,24)33-14-6-1-4-12(10-14)28-18(31)16-8-3-9-17(30-16)19(32)29-13-5-2-7-15(11-13)34-21(25,26)27/h1-11H,(H,28,31)(H,29,32). The van der Waals surface area contributed by atoms with Crippen molar-refractivity contribution >= 4 is 23.2 Å². The van der Waals surface area contributed by atoms with Crippen molar-refractivity contribution in [2.45, 2.75) is 12.7 Å². The Kier molecular flexibility index (Phi) is 6.94. The Labute approximate surface area is 187 Å². The molecule has 2 aromatic carbocycles. The summed E-state index contributed by atoms with van der Waals surface area (Å²) in [7, 11) is 0. The van der Waals surface area contributed by atoms with Gasteiger partial charge in [0.25, 0.3) is 11.8 Å². The molecule has 1 heterocycles. The summed E-state index contributed by atoms with van der Waals surface area (Å²) in [5.41, 5.74) is -0.539. The molecule has 0 saturated heterocycles. The molecule has 1 aromatic heterocycles. The van der Waals surface area contributed by atoms with Gasteiger partial charge in [0, 0.05) is 23.5 Å². The van der Waals surface area contributed by atoms with Crippen LogP contribution in [0, 0.1) is 0 Å². The van der Waals surface area contributed by atoms with Crippen LogP contribution >= 0.6 is 0 Å². The van der Waals surface area contributed by atoms with E-state index in [1.807, 2.05) is 0 Å². The smallest absolute Gasteiger partial charge is 0.406 e. The van der Waals surface area contributed by atoms with Gasteiger partial charge in [-0.1, -0.05) is 18.2 Å². The second kappa shape index (κ2) is 9.68. The summed E-state index contributed by atoms with van der Waals surface area (Å²) < 4.78 is 81.7. The predicted molar refractivity (Wildman–Crippen MR) is 106 cm³/mol. The maximum Gasteiger partial charge on any atom is 0.573 e. The van der Waals surface area contributed by atoms with Gasteiger partial charge in [-0.2, -0.15) is 0 Å². The van der Waals surface area contributed by atoms with Crippen molar-refractivity contribution in [3.63, 3.8) is 0 Å². The molecule has 178 valence electrons. The number of nitrogens with one attached hydrogen (secondary N) is 2. The molecule has 0 atom stereocenters. The number of ether oxygens (including phenoxy) is 2. The fourth-order valence-corrected chi connectivity index (χ4v) is 2.62. The molecule has 2 N–H and O–H groups in total. The topological polar surface area (TPSA) is 89.5 Å². The molecule has 0 spiro atoms. The van der Waals surface area contributed by atoms with E-state index >= 15 is 0 Å². The first-order chi connectivity index (χ1) is 15.9. The zero-order valence-corrected chi connectivity index (χ0v) is 16.7. The molecular weight excluding hydrogens is 472 g/mol. The number of aromatic nitrogens is 1.